The Kier molecular flexibility index (Phi) is 9.13. The lowest BCUT2D eigenvalue weighted by atomic mass is 9.94. The third kappa shape index (κ3) is 6.66. The molecule has 1 aliphatic carbocycles. The summed E-state index contributed by atoms with van der Waals surface area (Å²) in [4.78, 5) is 36.1. The summed E-state index contributed by atoms with van der Waals surface area (Å²) >= 11 is 1.17. The van der Waals surface area contributed by atoms with E-state index in [1.807, 2.05) is 31.2 Å². The summed E-state index contributed by atoms with van der Waals surface area (Å²) in [5, 5.41) is 11.3. The van der Waals surface area contributed by atoms with Gasteiger partial charge in [0.15, 0.2) is 0 Å². The van der Waals surface area contributed by atoms with Gasteiger partial charge in [0.1, 0.15) is 40.6 Å². The summed E-state index contributed by atoms with van der Waals surface area (Å²) in [5.74, 6) is 0.794. The third-order valence-electron chi connectivity index (χ3n) is 6.78. The smallest absolute Gasteiger partial charge is 0.348 e. The number of aryl methyl sites for hydroxylation is 2. The fraction of sp³-hybridized carbons (Fsp3) is 0.464. The average molecular weight is 526 g/mol. The van der Waals surface area contributed by atoms with Crippen molar-refractivity contribution in [3.05, 3.63) is 69.1 Å². The van der Waals surface area contributed by atoms with Crippen molar-refractivity contribution in [3.63, 3.8) is 0 Å². The SMILES string of the molecule is C=CCOC(=O)c1sc2nc(CN(CC(O)COc3ccccc3C)C3CCCCC3)[nH]c(=O)c2c1C. The minimum atomic E-state index is -0.702. The maximum Gasteiger partial charge on any atom is 0.348 e. The molecule has 1 aromatic carbocycles. The quantitative estimate of drug-likeness (QED) is 0.280. The van der Waals surface area contributed by atoms with Crippen LogP contribution < -0.4 is 10.3 Å². The Bertz CT molecular complexity index is 1290. The lowest BCUT2D eigenvalue weighted by molar-refractivity contribution is 0.0385. The molecule has 9 heteroatoms. The zero-order valence-corrected chi connectivity index (χ0v) is 22.3. The third-order valence-corrected chi connectivity index (χ3v) is 7.95. The molecule has 3 aromatic rings. The molecule has 0 saturated heterocycles. The molecule has 1 unspecified atom stereocenters. The number of H-pyrrole nitrogens is 1. The molecule has 2 N–H and O–H groups in total. The van der Waals surface area contributed by atoms with E-state index in [4.69, 9.17) is 14.5 Å². The minimum absolute atomic E-state index is 0.105. The van der Waals surface area contributed by atoms with Crippen molar-refractivity contribution in [1.29, 1.82) is 0 Å². The highest BCUT2D eigenvalue weighted by Gasteiger charge is 2.26. The monoisotopic (exact) mass is 525 g/mol. The summed E-state index contributed by atoms with van der Waals surface area (Å²) in [7, 11) is 0. The number of nitrogens with one attached hydrogen (secondary N) is 1. The molecule has 0 radical (unpaired) electrons. The molecular weight excluding hydrogens is 490 g/mol. The molecule has 2 aromatic heterocycles. The number of aromatic amines is 1. The second-order valence-electron chi connectivity index (χ2n) is 9.59. The predicted octanol–water partition coefficient (Wildman–Crippen LogP) is 4.52. The number of hydrogen-bond acceptors (Lipinski definition) is 8. The summed E-state index contributed by atoms with van der Waals surface area (Å²) in [5.41, 5.74) is 1.32. The van der Waals surface area contributed by atoms with Gasteiger partial charge in [-0.3, -0.25) is 9.69 Å². The van der Waals surface area contributed by atoms with Crippen molar-refractivity contribution in [2.45, 2.75) is 64.6 Å². The van der Waals surface area contributed by atoms with Gasteiger partial charge in [0.2, 0.25) is 0 Å². The second-order valence-corrected chi connectivity index (χ2v) is 10.6. The maximum absolute atomic E-state index is 13.0. The summed E-state index contributed by atoms with van der Waals surface area (Å²) in [6.07, 6.45) is 6.37. The molecule has 0 amide bonds. The number of aliphatic hydroxyl groups excluding tert-OH is 1. The van der Waals surface area contributed by atoms with Crippen LogP contribution in [-0.2, 0) is 11.3 Å². The molecule has 2 heterocycles. The Morgan fingerprint density at radius 2 is 2.05 bits per heavy atom. The number of thiophene rings is 1. The van der Waals surface area contributed by atoms with Crippen LogP contribution in [-0.4, -0.2) is 57.8 Å². The number of nitrogens with zero attached hydrogens (tertiary/aromatic N) is 2. The van der Waals surface area contributed by atoms with Gasteiger partial charge < -0.3 is 19.6 Å². The van der Waals surface area contributed by atoms with Crippen molar-refractivity contribution in [2.24, 2.45) is 0 Å². The number of hydrogen-bond donors (Lipinski definition) is 2. The Labute approximate surface area is 220 Å². The highest BCUT2D eigenvalue weighted by molar-refractivity contribution is 7.20. The molecule has 198 valence electrons. The van der Waals surface area contributed by atoms with E-state index in [0.29, 0.717) is 39.6 Å². The van der Waals surface area contributed by atoms with Crippen LogP contribution in [0.4, 0.5) is 0 Å². The number of para-hydroxylation sites is 1. The number of carbonyl (C=O) groups is 1. The first kappa shape index (κ1) is 27.0. The zero-order valence-electron chi connectivity index (χ0n) is 21.5. The van der Waals surface area contributed by atoms with E-state index in [1.54, 1.807) is 6.92 Å². The molecule has 1 atom stereocenters. The van der Waals surface area contributed by atoms with Gasteiger partial charge in [0, 0.05) is 12.6 Å². The van der Waals surface area contributed by atoms with Crippen LogP contribution in [0.15, 0.2) is 41.7 Å². The van der Waals surface area contributed by atoms with Gasteiger partial charge in [0.05, 0.1) is 11.9 Å². The lowest BCUT2D eigenvalue weighted by Gasteiger charge is -2.35. The minimum Gasteiger partial charge on any atom is -0.491 e. The predicted molar refractivity (Wildman–Crippen MR) is 145 cm³/mol. The van der Waals surface area contributed by atoms with Gasteiger partial charge in [-0.05, 0) is 43.9 Å². The van der Waals surface area contributed by atoms with Gasteiger partial charge >= 0.3 is 5.97 Å². The fourth-order valence-electron chi connectivity index (χ4n) is 4.87. The molecule has 37 heavy (non-hydrogen) atoms. The molecule has 1 fully saturated rings. The zero-order chi connectivity index (χ0) is 26.4. The Hall–Kier alpha value is -3.01. The van der Waals surface area contributed by atoms with E-state index in [2.05, 4.69) is 16.5 Å². The first-order valence-corrected chi connectivity index (χ1v) is 13.6. The number of ether oxygens (including phenoxy) is 2. The van der Waals surface area contributed by atoms with Crippen molar-refractivity contribution >= 4 is 27.5 Å². The van der Waals surface area contributed by atoms with Crippen LogP contribution >= 0.6 is 11.3 Å². The Morgan fingerprint density at radius 1 is 1.30 bits per heavy atom. The van der Waals surface area contributed by atoms with Crippen LogP contribution in [0.1, 0.15) is 58.7 Å². The van der Waals surface area contributed by atoms with E-state index >= 15 is 0 Å². The summed E-state index contributed by atoms with van der Waals surface area (Å²) in [6, 6.07) is 8.03. The Balaban J connectivity index is 1.53. The Morgan fingerprint density at radius 3 is 2.78 bits per heavy atom. The van der Waals surface area contributed by atoms with Crippen LogP contribution in [0, 0.1) is 13.8 Å². The van der Waals surface area contributed by atoms with Gasteiger partial charge in [-0.15, -0.1) is 11.3 Å². The van der Waals surface area contributed by atoms with E-state index in [1.165, 1.54) is 23.8 Å². The fourth-order valence-corrected chi connectivity index (χ4v) is 5.96. The van der Waals surface area contributed by atoms with E-state index in [-0.39, 0.29) is 24.8 Å². The number of rotatable bonds is 11. The maximum atomic E-state index is 13.0. The van der Waals surface area contributed by atoms with Crippen molar-refractivity contribution in [1.82, 2.24) is 14.9 Å². The van der Waals surface area contributed by atoms with Crippen LogP contribution in [0.3, 0.4) is 0 Å². The first-order valence-electron chi connectivity index (χ1n) is 12.8. The molecule has 0 spiro atoms. The standard InChI is InChI=1S/C28H35N3O5S/c1-4-14-35-28(34)25-19(3)24-26(33)29-23(30-27(24)37-25)16-31(20-11-6-5-7-12-20)15-21(32)17-36-22-13-9-8-10-18(22)2/h4,8-10,13,20-21,32H,1,5-7,11-12,14-17H2,2-3H3,(H,29,30,33). The number of fused-ring (bicyclic) bond motifs is 1. The molecule has 1 aliphatic rings. The topological polar surface area (TPSA) is 105 Å². The number of aliphatic hydroxyl groups is 1. The number of esters is 1. The number of benzene rings is 1. The van der Waals surface area contributed by atoms with Crippen LogP contribution in [0.25, 0.3) is 10.2 Å². The van der Waals surface area contributed by atoms with E-state index < -0.39 is 12.1 Å². The van der Waals surface area contributed by atoms with Crippen molar-refractivity contribution in [3.8, 4) is 5.75 Å². The largest absolute Gasteiger partial charge is 0.491 e. The molecule has 8 nitrogen and oxygen atoms in total. The van der Waals surface area contributed by atoms with Gasteiger partial charge in [-0.2, -0.15) is 0 Å². The van der Waals surface area contributed by atoms with E-state index in [0.717, 1.165) is 37.0 Å². The van der Waals surface area contributed by atoms with Crippen molar-refractivity contribution in [2.75, 3.05) is 19.8 Å². The second kappa shape index (κ2) is 12.5. The molecule has 1 saturated carbocycles. The highest BCUT2D eigenvalue weighted by atomic mass is 32.1. The average Bonchev–Trinajstić information content (AvgIpc) is 3.23. The van der Waals surface area contributed by atoms with Crippen molar-refractivity contribution < 1.29 is 19.4 Å². The van der Waals surface area contributed by atoms with Gasteiger partial charge in [0.25, 0.3) is 5.56 Å². The van der Waals surface area contributed by atoms with Gasteiger partial charge in [-0.25, -0.2) is 9.78 Å². The summed E-state index contributed by atoms with van der Waals surface area (Å²) in [6.45, 7) is 8.36. The number of carbonyl (C=O) groups excluding carboxylic acids is 1. The lowest BCUT2D eigenvalue weighted by Crippen LogP contribution is -2.43. The molecule has 4 rings (SSSR count). The first-order chi connectivity index (χ1) is 17.9. The molecule has 0 aliphatic heterocycles. The molecule has 0 bridgehead atoms. The normalized spacial score (nSPS) is 15.1. The highest BCUT2D eigenvalue weighted by Crippen LogP contribution is 2.29. The van der Waals surface area contributed by atoms with Crippen LogP contribution in [0.2, 0.25) is 0 Å². The van der Waals surface area contributed by atoms with Gasteiger partial charge in [-0.1, -0.05) is 50.1 Å². The van der Waals surface area contributed by atoms with Crippen LogP contribution in [0.5, 0.6) is 5.75 Å². The molecular formula is C28H35N3O5S. The van der Waals surface area contributed by atoms with E-state index in [9.17, 15) is 14.7 Å². The summed E-state index contributed by atoms with van der Waals surface area (Å²) < 4.78 is 11.1. The number of aromatic nitrogens is 2.